The zero-order valence-corrected chi connectivity index (χ0v) is 7.40. The Kier molecular flexibility index (Phi) is 3.18. The van der Waals surface area contributed by atoms with Gasteiger partial charge in [0.05, 0.1) is 0 Å². The number of aliphatic carboxylic acids is 1. The van der Waals surface area contributed by atoms with Crippen molar-refractivity contribution in [1.82, 2.24) is 0 Å². The van der Waals surface area contributed by atoms with E-state index in [1.807, 2.05) is 0 Å². The van der Waals surface area contributed by atoms with Crippen LogP contribution < -0.4 is 0 Å². The third-order valence-corrected chi connectivity index (χ3v) is 1.67. The fraction of sp³-hybridized carbons (Fsp3) is 0. The number of carboxylic acid groups (broad SMARTS) is 1. The van der Waals surface area contributed by atoms with E-state index in [9.17, 15) is 9.18 Å². The van der Waals surface area contributed by atoms with E-state index in [-0.39, 0.29) is 5.82 Å². The molecule has 1 aromatic carbocycles. The van der Waals surface area contributed by atoms with Crippen LogP contribution in [0.4, 0.5) is 4.39 Å². The predicted octanol–water partition coefficient (Wildman–Crippen LogP) is 2.57. The molecule has 0 bridgehead atoms. The van der Waals surface area contributed by atoms with Crippen LogP contribution in [-0.2, 0) is 4.79 Å². The van der Waals surface area contributed by atoms with Gasteiger partial charge in [0, 0.05) is 6.08 Å². The van der Waals surface area contributed by atoms with Crippen LogP contribution in [0.15, 0.2) is 30.9 Å². The molecule has 1 aromatic rings. The Morgan fingerprint density at radius 3 is 2.71 bits per heavy atom. The summed E-state index contributed by atoms with van der Waals surface area (Å²) in [6, 6.07) is 4.08. The fourth-order valence-corrected chi connectivity index (χ4v) is 1.04. The van der Waals surface area contributed by atoms with Gasteiger partial charge in [-0.15, -0.1) is 0 Å². The van der Waals surface area contributed by atoms with E-state index in [2.05, 4.69) is 6.58 Å². The summed E-state index contributed by atoms with van der Waals surface area (Å²) in [6.07, 6.45) is 3.88. The number of benzene rings is 1. The molecule has 1 N–H and O–H groups in total. The van der Waals surface area contributed by atoms with Crippen molar-refractivity contribution in [2.75, 3.05) is 0 Å². The van der Waals surface area contributed by atoms with Crippen LogP contribution >= 0.6 is 0 Å². The molecule has 0 radical (unpaired) electrons. The maximum atomic E-state index is 12.7. The first kappa shape index (κ1) is 10.2. The number of halogens is 1. The monoisotopic (exact) mass is 192 g/mol. The third kappa shape index (κ3) is 2.55. The van der Waals surface area contributed by atoms with E-state index in [1.54, 1.807) is 0 Å². The summed E-state index contributed by atoms with van der Waals surface area (Å²) in [5, 5.41) is 8.41. The Morgan fingerprint density at radius 1 is 1.43 bits per heavy atom. The van der Waals surface area contributed by atoms with Crippen molar-refractivity contribution in [3.63, 3.8) is 0 Å². The Balaban J connectivity index is 3.08. The molecule has 0 fully saturated rings. The van der Waals surface area contributed by atoms with Crippen molar-refractivity contribution in [3.05, 3.63) is 47.8 Å². The molecule has 0 aromatic heterocycles. The number of carboxylic acids is 1. The number of hydrogen-bond donors (Lipinski definition) is 1. The Morgan fingerprint density at radius 2 is 2.14 bits per heavy atom. The topological polar surface area (TPSA) is 37.3 Å². The molecule has 0 saturated carbocycles. The lowest BCUT2D eigenvalue weighted by molar-refractivity contribution is -0.131. The van der Waals surface area contributed by atoms with Crippen LogP contribution in [0.3, 0.4) is 0 Å². The van der Waals surface area contributed by atoms with Crippen LogP contribution in [0.5, 0.6) is 0 Å². The standard InChI is InChI=1S/C11H9FO2/c1-2-8-7-10(12)5-3-9(8)4-6-11(13)14/h2-7H,1H2,(H,13,14). The van der Waals surface area contributed by atoms with Gasteiger partial charge >= 0.3 is 5.97 Å². The average molecular weight is 192 g/mol. The lowest BCUT2D eigenvalue weighted by atomic mass is 10.1. The minimum Gasteiger partial charge on any atom is -0.478 e. The normalized spacial score (nSPS) is 10.4. The summed E-state index contributed by atoms with van der Waals surface area (Å²) in [5.41, 5.74) is 1.20. The van der Waals surface area contributed by atoms with Gasteiger partial charge < -0.3 is 5.11 Å². The average Bonchev–Trinajstić information content (AvgIpc) is 2.15. The molecule has 0 aliphatic rings. The summed E-state index contributed by atoms with van der Waals surface area (Å²) in [6.45, 7) is 3.51. The Labute approximate surface area is 81.0 Å². The first-order valence-electron chi connectivity index (χ1n) is 3.96. The van der Waals surface area contributed by atoms with Gasteiger partial charge in [-0.2, -0.15) is 0 Å². The van der Waals surface area contributed by atoms with Gasteiger partial charge in [0.25, 0.3) is 0 Å². The molecule has 1 rings (SSSR count). The first-order chi connectivity index (χ1) is 6.63. The lowest BCUT2D eigenvalue weighted by Crippen LogP contribution is -1.88. The molecule has 0 aliphatic carbocycles. The van der Waals surface area contributed by atoms with Crippen LogP contribution in [0, 0.1) is 5.82 Å². The van der Waals surface area contributed by atoms with E-state index in [1.165, 1.54) is 30.4 Å². The highest BCUT2D eigenvalue weighted by Crippen LogP contribution is 2.14. The second-order valence-electron chi connectivity index (χ2n) is 2.65. The lowest BCUT2D eigenvalue weighted by Gasteiger charge is -1.99. The first-order valence-corrected chi connectivity index (χ1v) is 3.96. The zero-order valence-electron chi connectivity index (χ0n) is 7.40. The second kappa shape index (κ2) is 4.37. The summed E-state index contributed by atoms with van der Waals surface area (Å²) in [5.74, 6) is -1.41. The summed E-state index contributed by atoms with van der Waals surface area (Å²) in [7, 11) is 0. The smallest absolute Gasteiger partial charge is 0.328 e. The molecule has 0 spiro atoms. The van der Waals surface area contributed by atoms with E-state index in [0.717, 1.165) is 6.08 Å². The van der Waals surface area contributed by atoms with Gasteiger partial charge in [0.15, 0.2) is 0 Å². The largest absolute Gasteiger partial charge is 0.478 e. The van der Waals surface area contributed by atoms with Crippen molar-refractivity contribution in [3.8, 4) is 0 Å². The molecular weight excluding hydrogens is 183 g/mol. The zero-order chi connectivity index (χ0) is 10.6. The van der Waals surface area contributed by atoms with E-state index in [4.69, 9.17) is 5.11 Å². The molecule has 0 saturated heterocycles. The van der Waals surface area contributed by atoms with E-state index in [0.29, 0.717) is 11.1 Å². The summed E-state index contributed by atoms with van der Waals surface area (Å²) < 4.78 is 12.7. The van der Waals surface area contributed by atoms with Crippen LogP contribution in [0.1, 0.15) is 11.1 Å². The van der Waals surface area contributed by atoms with Gasteiger partial charge in [-0.05, 0) is 29.3 Å². The molecule has 0 heterocycles. The predicted molar refractivity (Wildman–Crippen MR) is 53.2 cm³/mol. The van der Waals surface area contributed by atoms with Gasteiger partial charge in [-0.3, -0.25) is 0 Å². The highest BCUT2D eigenvalue weighted by atomic mass is 19.1. The second-order valence-corrected chi connectivity index (χ2v) is 2.65. The number of carbonyl (C=O) groups is 1. The van der Waals surface area contributed by atoms with Crippen LogP contribution in [0.25, 0.3) is 12.2 Å². The minimum absolute atomic E-state index is 0.368. The van der Waals surface area contributed by atoms with Crippen molar-refractivity contribution in [2.45, 2.75) is 0 Å². The van der Waals surface area contributed by atoms with Crippen molar-refractivity contribution in [1.29, 1.82) is 0 Å². The highest BCUT2D eigenvalue weighted by molar-refractivity contribution is 5.86. The molecule has 72 valence electrons. The number of hydrogen-bond acceptors (Lipinski definition) is 1. The summed E-state index contributed by atoms with van der Waals surface area (Å²) in [4.78, 5) is 10.3. The SMILES string of the molecule is C=Cc1cc(F)ccc1C=CC(=O)O. The molecule has 0 atom stereocenters. The number of rotatable bonds is 3. The van der Waals surface area contributed by atoms with Crippen LogP contribution in [-0.4, -0.2) is 11.1 Å². The molecule has 0 amide bonds. The van der Waals surface area contributed by atoms with Crippen molar-refractivity contribution >= 4 is 18.1 Å². The van der Waals surface area contributed by atoms with Crippen molar-refractivity contribution in [2.24, 2.45) is 0 Å². The fourth-order valence-electron chi connectivity index (χ4n) is 1.04. The Hall–Kier alpha value is -1.90. The molecule has 2 nitrogen and oxygen atoms in total. The van der Waals surface area contributed by atoms with Gasteiger partial charge in [0.1, 0.15) is 5.82 Å². The minimum atomic E-state index is -1.04. The third-order valence-electron chi connectivity index (χ3n) is 1.67. The van der Waals surface area contributed by atoms with Gasteiger partial charge in [-0.1, -0.05) is 18.7 Å². The molecule has 0 unspecified atom stereocenters. The summed E-state index contributed by atoms with van der Waals surface area (Å²) >= 11 is 0. The van der Waals surface area contributed by atoms with Crippen molar-refractivity contribution < 1.29 is 14.3 Å². The van der Waals surface area contributed by atoms with Gasteiger partial charge in [-0.25, -0.2) is 9.18 Å². The Bertz CT molecular complexity index is 394. The maximum absolute atomic E-state index is 12.7. The molecule has 0 aliphatic heterocycles. The van der Waals surface area contributed by atoms with E-state index >= 15 is 0 Å². The maximum Gasteiger partial charge on any atom is 0.328 e. The van der Waals surface area contributed by atoms with E-state index < -0.39 is 5.97 Å². The van der Waals surface area contributed by atoms with Crippen LogP contribution in [0.2, 0.25) is 0 Å². The quantitative estimate of drug-likeness (QED) is 0.747. The highest BCUT2D eigenvalue weighted by Gasteiger charge is 1.98. The molecule has 14 heavy (non-hydrogen) atoms. The molecule has 3 heteroatoms. The van der Waals surface area contributed by atoms with Gasteiger partial charge in [0.2, 0.25) is 0 Å². The molecular formula is C11H9FO2.